The highest BCUT2D eigenvalue weighted by Crippen LogP contribution is 2.17. The van der Waals surface area contributed by atoms with Gasteiger partial charge in [-0.2, -0.15) is 0 Å². The number of methoxy groups -OCH3 is 1. The number of carboxylic acids is 1. The van der Waals surface area contributed by atoms with Crippen LogP contribution in [0.5, 0.6) is 5.75 Å². The molecule has 0 spiro atoms. The van der Waals surface area contributed by atoms with Gasteiger partial charge in [-0.25, -0.2) is 4.79 Å². The second-order valence-corrected chi connectivity index (χ2v) is 5.62. The maximum absolute atomic E-state index is 12.2. The lowest BCUT2D eigenvalue weighted by atomic mass is 10.1. The van der Waals surface area contributed by atoms with E-state index in [9.17, 15) is 9.00 Å². The predicted octanol–water partition coefficient (Wildman–Crippen LogP) is 2.70. The van der Waals surface area contributed by atoms with Crippen molar-refractivity contribution in [3.63, 3.8) is 0 Å². The predicted molar refractivity (Wildman–Crippen MR) is 76.5 cm³/mol. The van der Waals surface area contributed by atoms with E-state index in [1.165, 1.54) is 12.1 Å². The molecule has 0 saturated carbocycles. The molecule has 0 heterocycles. The fourth-order valence-electron chi connectivity index (χ4n) is 1.71. The minimum absolute atomic E-state index is 0.226. The topological polar surface area (TPSA) is 63.6 Å². The van der Waals surface area contributed by atoms with Gasteiger partial charge in [-0.1, -0.05) is 12.1 Å². The monoisotopic (exact) mass is 290 g/mol. The molecule has 0 aliphatic rings. The maximum atomic E-state index is 12.2. The summed E-state index contributed by atoms with van der Waals surface area (Å²) in [4.78, 5) is 11.5. The summed E-state index contributed by atoms with van der Waals surface area (Å²) in [5.74, 6) is 0.107. The number of hydrogen-bond donors (Lipinski definition) is 1. The Labute approximate surface area is 119 Å². The average Bonchev–Trinajstić information content (AvgIpc) is 2.48. The van der Waals surface area contributed by atoms with Crippen molar-refractivity contribution in [2.45, 2.75) is 10.6 Å². The Morgan fingerprint density at radius 1 is 1.10 bits per heavy atom. The molecule has 1 unspecified atom stereocenters. The van der Waals surface area contributed by atoms with Crippen LogP contribution in [0, 0.1) is 0 Å². The second-order valence-electron chi connectivity index (χ2n) is 4.17. The summed E-state index contributed by atoms with van der Waals surface area (Å²) in [6.45, 7) is 0. The van der Waals surface area contributed by atoms with E-state index in [-0.39, 0.29) is 5.56 Å². The van der Waals surface area contributed by atoms with E-state index in [1.807, 2.05) is 0 Å². The summed E-state index contributed by atoms with van der Waals surface area (Å²) < 4.78 is 17.2. The highest BCUT2D eigenvalue weighted by Gasteiger charge is 2.07. The minimum Gasteiger partial charge on any atom is -0.497 e. The zero-order valence-corrected chi connectivity index (χ0v) is 11.7. The van der Waals surface area contributed by atoms with Crippen LogP contribution in [0.3, 0.4) is 0 Å². The van der Waals surface area contributed by atoms with Gasteiger partial charge in [0.15, 0.2) is 0 Å². The Morgan fingerprint density at radius 2 is 1.70 bits per heavy atom. The molecule has 0 saturated heterocycles. The smallest absolute Gasteiger partial charge is 0.335 e. The molecule has 0 amide bonds. The molecule has 5 heteroatoms. The van der Waals surface area contributed by atoms with Gasteiger partial charge in [-0.05, 0) is 42.0 Å². The van der Waals surface area contributed by atoms with Crippen molar-refractivity contribution in [1.29, 1.82) is 0 Å². The number of hydrogen-bond acceptors (Lipinski definition) is 3. The molecule has 2 aromatic carbocycles. The lowest BCUT2D eigenvalue weighted by Gasteiger charge is -2.05. The van der Waals surface area contributed by atoms with Gasteiger partial charge >= 0.3 is 5.97 Å². The SMILES string of the molecule is COc1ccc(S(=O)Cc2ccc(C(=O)O)cc2)cc1. The van der Waals surface area contributed by atoms with Gasteiger partial charge in [0.1, 0.15) is 5.75 Å². The number of carbonyl (C=O) groups is 1. The Balaban J connectivity index is 2.08. The zero-order valence-electron chi connectivity index (χ0n) is 10.9. The second kappa shape index (κ2) is 6.34. The molecule has 2 aromatic rings. The van der Waals surface area contributed by atoms with Crippen molar-refractivity contribution in [1.82, 2.24) is 0 Å². The largest absolute Gasteiger partial charge is 0.497 e. The van der Waals surface area contributed by atoms with Crippen molar-refractivity contribution in [2.75, 3.05) is 7.11 Å². The van der Waals surface area contributed by atoms with Crippen LogP contribution in [0.25, 0.3) is 0 Å². The molecule has 0 fully saturated rings. The van der Waals surface area contributed by atoms with E-state index in [4.69, 9.17) is 9.84 Å². The minimum atomic E-state index is -1.16. The molecule has 1 atom stereocenters. The van der Waals surface area contributed by atoms with Gasteiger partial charge in [0.2, 0.25) is 0 Å². The van der Waals surface area contributed by atoms with E-state index in [1.54, 1.807) is 43.5 Å². The summed E-state index contributed by atoms with van der Waals surface area (Å²) in [6, 6.07) is 13.5. The number of ether oxygens (including phenoxy) is 1. The van der Waals surface area contributed by atoms with Crippen molar-refractivity contribution >= 4 is 16.8 Å². The lowest BCUT2D eigenvalue weighted by Crippen LogP contribution is -1.99. The van der Waals surface area contributed by atoms with Gasteiger partial charge in [0, 0.05) is 4.90 Å². The molecule has 104 valence electrons. The lowest BCUT2D eigenvalue weighted by molar-refractivity contribution is 0.0697. The van der Waals surface area contributed by atoms with Crippen molar-refractivity contribution in [2.24, 2.45) is 0 Å². The summed E-state index contributed by atoms with van der Waals surface area (Å²) in [7, 11) is 0.414. The first kappa shape index (κ1) is 14.3. The van der Waals surface area contributed by atoms with Gasteiger partial charge in [0.25, 0.3) is 0 Å². The van der Waals surface area contributed by atoms with Gasteiger partial charge in [0.05, 0.1) is 29.2 Å². The summed E-state index contributed by atoms with van der Waals surface area (Å²) >= 11 is 0. The van der Waals surface area contributed by atoms with E-state index in [0.29, 0.717) is 10.6 Å². The fourth-order valence-corrected chi connectivity index (χ4v) is 2.81. The molecule has 20 heavy (non-hydrogen) atoms. The van der Waals surface area contributed by atoms with Gasteiger partial charge in [-0.3, -0.25) is 4.21 Å². The number of aromatic carboxylic acids is 1. The highest BCUT2D eigenvalue weighted by atomic mass is 32.2. The van der Waals surface area contributed by atoms with Crippen LogP contribution in [-0.2, 0) is 16.6 Å². The molecular weight excluding hydrogens is 276 g/mol. The van der Waals surface area contributed by atoms with Crippen LogP contribution in [0.1, 0.15) is 15.9 Å². The van der Waals surface area contributed by atoms with Crippen LogP contribution >= 0.6 is 0 Å². The molecule has 0 aliphatic heterocycles. The number of carboxylic acid groups (broad SMARTS) is 1. The Morgan fingerprint density at radius 3 is 2.20 bits per heavy atom. The number of benzene rings is 2. The fraction of sp³-hybridized carbons (Fsp3) is 0.133. The third-order valence-corrected chi connectivity index (χ3v) is 4.21. The Bertz CT molecular complexity index is 617. The van der Waals surface area contributed by atoms with Gasteiger partial charge in [-0.15, -0.1) is 0 Å². The van der Waals surface area contributed by atoms with Crippen molar-refractivity contribution in [3.05, 3.63) is 59.7 Å². The van der Waals surface area contributed by atoms with Crippen LogP contribution < -0.4 is 4.74 Å². The first-order valence-electron chi connectivity index (χ1n) is 5.95. The Kier molecular flexibility index (Phi) is 4.53. The summed E-state index contributed by atoms with van der Waals surface area (Å²) in [5.41, 5.74) is 1.06. The van der Waals surface area contributed by atoms with Crippen molar-refractivity contribution in [3.8, 4) is 5.75 Å². The molecule has 2 rings (SSSR count). The van der Waals surface area contributed by atoms with Crippen LogP contribution in [0.15, 0.2) is 53.4 Å². The van der Waals surface area contributed by atoms with Crippen LogP contribution in [-0.4, -0.2) is 22.4 Å². The van der Waals surface area contributed by atoms with E-state index >= 15 is 0 Å². The molecular formula is C15H14O4S. The first-order chi connectivity index (χ1) is 9.60. The van der Waals surface area contributed by atoms with Crippen molar-refractivity contribution < 1.29 is 18.8 Å². The number of rotatable bonds is 5. The van der Waals surface area contributed by atoms with E-state index < -0.39 is 16.8 Å². The standard InChI is InChI=1S/C15H14O4S/c1-19-13-6-8-14(9-7-13)20(18)10-11-2-4-12(5-3-11)15(16)17/h2-9H,10H2,1H3,(H,16,17). The average molecular weight is 290 g/mol. The third kappa shape index (κ3) is 3.45. The van der Waals surface area contributed by atoms with Crippen LogP contribution in [0.4, 0.5) is 0 Å². The maximum Gasteiger partial charge on any atom is 0.335 e. The third-order valence-electron chi connectivity index (χ3n) is 2.82. The molecule has 0 radical (unpaired) electrons. The summed E-state index contributed by atoms with van der Waals surface area (Å²) in [5, 5.41) is 8.81. The molecule has 0 aliphatic carbocycles. The molecule has 0 aromatic heterocycles. The summed E-state index contributed by atoms with van der Waals surface area (Å²) in [6.07, 6.45) is 0. The van der Waals surface area contributed by atoms with Gasteiger partial charge < -0.3 is 9.84 Å². The molecule has 0 bridgehead atoms. The quantitative estimate of drug-likeness (QED) is 0.919. The normalized spacial score (nSPS) is 11.8. The molecule has 4 nitrogen and oxygen atoms in total. The van der Waals surface area contributed by atoms with Crippen LogP contribution in [0.2, 0.25) is 0 Å². The zero-order chi connectivity index (χ0) is 14.5. The highest BCUT2D eigenvalue weighted by molar-refractivity contribution is 7.84. The molecule has 1 N–H and O–H groups in total. The Hall–Kier alpha value is -2.14. The van der Waals surface area contributed by atoms with E-state index in [0.717, 1.165) is 11.3 Å². The van der Waals surface area contributed by atoms with E-state index in [2.05, 4.69) is 0 Å². The first-order valence-corrected chi connectivity index (χ1v) is 7.26.